The Morgan fingerprint density at radius 2 is 2.00 bits per heavy atom. The van der Waals surface area contributed by atoms with Crippen molar-refractivity contribution in [2.75, 3.05) is 0 Å². The van der Waals surface area contributed by atoms with E-state index in [1.165, 1.54) is 11.3 Å². The fraction of sp³-hybridized carbons (Fsp3) is 0.235. The summed E-state index contributed by atoms with van der Waals surface area (Å²) in [6.07, 6.45) is 0.231. The van der Waals surface area contributed by atoms with E-state index in [1.54, 1.807) is 25.1 Å². The molecule has 0 bridgehead atoms. The van der Waals surface area contributed by atoms with Crippen LogP contribution < -0.4 is 17.0 Å². The molecule has 0 aliphatic carbocycles. The molecule has 136 valence electrons. The molecule has 0 saturated carbocycles. The molecule has 3 N–H and O–H groups in total. The summed E-state index contributed by atoms with van der Waals surface area (Å²) in [6.45, 7) is 3.53. The SMILES string of the molecule is CCC(C(N)=O)n1c(=O)[nH]c2sc(C)c(-c3ccc(Cl)c(Cl)c3)c2c1=O. The number of nitrogens with one attached hydrogen (secondary N) is 1. The second-order valence-electron chi connectivity index (χ2n) is 5.80. The van der Waals surface area contributed by atoms with Gasteiger partial charge >= 0.3 is 5.69 Å². The molecule has 0 aliphatic rings. The summed E-state index contributed by atoms with van der Waals surface area (Å²) < 4.78 is 0.887. The van der Waals surface area contributed by atoms with E-state index < -0.39 is 23.2 Å². The molecule has 3 rings (SSSR count). The van der Waals surface area contributed by atoms with Crippen LogP contribution in [0.2, 0.25) is 10.0 Å². The number of hydrogen-bond donors (Lipinski definition) is 2. The number of halogens is 2. The zero-order valence-electron chi connectivity index (χ0n) is 13.9. The lowest BCUT2D eigenvalue weighted by molar-refractivity contribution is -0.121. The number of primary amides is 1. The summed E-state index contributed by atoms with van der Waals surface area (Å²) in [7, 11) is 0. The van der Waals surface area contributed by atoms with E-state index in [4.69, 9.17) is 28.9 Å². The molecular weight excluding hydrogens is 397 g/mol. The van der Waals surface area contributed by atoms with Gasteiger partial charge in [-0.15, -0.1) is 11.3 Å². The van der Waals surface area contributed by atoms with Crippen molar-refractivity contribution in [3.63, 3.8) is 0 Å². The first-order valence-electron chi connectivity index (χ1n) is 7.78. The largest absolute Gasteiger partial charge is 0.368 e. The molecule has 2 heterocycles. The molecule has 1 amide bonds. The lowest BCUT2D eigenvalue weighted by atomic mass is 10.0. The van der Waals surface area contributed by atoms with Crippen molar-refractivity contribution in [1.82, 2.24) is 9.55 Å². The zero-order chi connectivity index (χ0) is 19.2. The number of carbonyl (C=O) groups excluding carboxylic acids is 1. The van der Waals surface area contributed by atoms with E-state index >= 15 is 0 Å². The number of hydrogen-bond acceptors (Lipinski definition) is 4. The van der Waals surface area contributed by atoms with Gasteiger partial charge in [-0.25, -0.2) is 9.36 Å². The van der Waals surface area contributed by atoms with Crippen molar-refractivity contribution < 1.29 is 4.79 Å². The topological polar surface area (TPSA) is 97.9 Å². The lowest BCUT2D eigenvalue weighted by Gasteiger charge is -2.13. The monoisotopic (exact) mass is 411 g/mol. The molecule has 1 aromatic carbocycles. The van der Waals surface area contributed by atoms with Crippen LogP contribution in [0.15, 0.2) is 27.8 Å². The van der Waals surface area contributed by atoms with Crippen LogP contribution in [0.4, 0.5) is 0 Å². The molecule has 0 saturated heterocycles. The van der Waals surface area contributed by atoms with E-state index in [0.29, 0.717) is 31.4 Å². The molecule has 3 aromatic rings. The summed E-state index contributed by atoms with van der Waals surface area (Å²) in [5.74, 6) is -0.734. The predicted octanol–water partition coefficient (Wildman–Crippen LogP) is 3.47. The first-order chi connectivity index (χ1) is 12.3. The number of amides is 1. The highest BCUT2D eigenvalue weighted by molar-refractivity contribution is 7.19. The molecular formula is C17H15Cl2N3O3S. The van der Waals surface area contributed by atoms with Crippen LogP contribution in [-0.2, 0) is 4.79 Å². The Labute approximate surface area is 162 Å². The molecule has 0 radical (unpaired) electrons. The Bertz CT molecular complexity index is 1150. The first-order valence-corrected chi connectivity index (χ1v) is 9.36. The van der Waals surface area contributed by atoms with Gasteiger partial charge in [0.25, 0.3) is 5.56 Å². The van der Waals surface area contributed by atoms with Gasteiger partial charge in [0.1, 0.15) is 10.9 Å². The number of nitrogens with two attached hydrogens (primary N) is 1. The average molecular weight is 412 g/mol. The van der Waals surface area contributed by atoms with Gasteiger partial charge in [-0.1, -0.05) is 36.2 Å². The third kappa shape index (κ3) is 2.96. The molecule has 26 heavy (non-hydrogen) atoms. The van der Waals surface area contributed by atoms with Gasteiger partial charge in [0.15, 0.2) is 0 Å². The minimum atomic E-state index is -1.02. The van der Waals surface area contributed by atoms with Crippen LogP contribution in [0, 0.1) is 6.92 Å². The van der Waals surface area contributed by atoms with Crippen molar-refractivity contribution in [3.8, 4) is 11.1 Å². The maximum atomic E-state index is 13.1. The smallest absolute Gasteiger partial charge is 0.330 e. The van der Waals surface area contributed by atoms with Crippen LogP contribution in [0.1, 0.15) is 24.3 Å². The molecule has 0 spiro atoms. The second-order valence-corrected chi connectivity index (χ2v) is 7.84. The van der Waals surface area contributed by atoms with E-state index in [-0.39, 0.29) is 6.42 Å². The molecule has 1 atom stereocenters. The Hall–Kier alpha value is -2.09. The van der Waals surface area contributed by atoms with Crippen LogP contribution in [0.25, 0.3) is 21.3 Å². The Kier molecular flexibility index (Phi) is 4.96. The number of aryl methyl sites for hydroxylation is 1. The summed E-state index contributed by atoms with van der Waals surface area (Å²) in [4.78, 5) is 41.1. The third-order valence-electron chi connectivity index (χ3n) is 4.19. The molecule has 6 nitrogen and oxygen atoms in total. The number of benzene rings is 1. The van der Waals surface area contributed by atoms with E-state index in [0.717, 1.165) is 9.44 Å². The maximum Gasteiger partial charge on any atom is 0.330 e. The lowest BCUT2D eigenvalue weighted by Crippen LogP contribution is -2.42. The number of fused-ring (bicyclic) bond motifs is 1. The van der Waals surface area contributed by atoms with E-state index in [1.807, 2.05) is 6.92 Å². The van der Waals surface area contributed by atoms with E-state index in [2.05, 4.69) is 4.98 Å². The fourth-order valence-corrected chi connectivity index (χ4v) is 4.36. The normalized spacial score (nSPS) is 12.5. The molecule has 9 heteroatoms. The second kappa shape index (κ2) is 6.90. The standard InChI is InChI=1S/C17H15Cl2N3O3S/c1-3-11(14(20)23)22-16(24)13-12(7(2)26-15(13)21-17(22)25)8-4-5-9(18)10(19)6-8/h4-6,11H,3H2,1-2H3,(H2,20,23)(H,21,25). The Balaban J connectivity index is 2.41. The number of aromatic amines is 1. The molecule has 2 aromatic heterocycles. The van der Waals surface area contributed by atoms with Gasteiger partial charge in [-0.3, -0.25) is 14.6 Å². The van der Waals surface area contributed by atoms with Crippen molar-refractivity contribution in [3.05, 3.63) is 54.0 Å². The minimum Gasteiger partial charge on any atom is -0.368 e. The number of carbonyl (C=O) groups is 1. The predicted molar refractivity (Wildman–Crippen MR) is 105 cm³/mol. The van der Waals surface area contributed by atoms with Crippen molar-refractivity contribution in [2.45, 2.75) is 26.3 Å². The highest BCUT2D eigenvalue weighted by Gasteiger charge is 2.24. The van der Waals surface area contributed by atoms with Gasteiger partial charge in [0.2, 0.25) is 5.91 Å². The van der Waals surface area contributed by atoms with Crippen LogP contribution in [-0.4, -0.2) is 15.5 Å². The van der Waals surface area contributed by atoms with Crippen LogP contribution >= 0.6 is 34.5 Å². The number of thiophene rings is 1. The molecule has 1 unspecified atom stereocenters. The zero-order valence-corrected chi connectivity index (χ0v) is 16.3. The maximum absolute atomic E-state index is 13.1. The summed E-state index contributed by atoms with van der Waals surface area (Å²) in [5.41, 5.74) is 5.51. The quantitative estimate of drug-likeness (QED) is 0.687. The Morgan fingerprint density at radius 3 is 2.58 bits per heavy atom. The number of H-pyrrole nitrogens is 1. The highest BCUT2D eigenvalue weighted by atomic mass is 35.5. The fourth-order valence-electron chi connectivity index (χ4n) is 3.00. The van der Waals surface area contributed by atoms with Gasteiger partial charge in [-0.2, -0.15) is 0 Å². The van der Waals surface area contributed by atoms with Gasteiger partial charge in [-0.05, 0) is 31.0 Å². The van der Waals surface area contributed by atoms with Crippen molar-refractivity contribution in [1.29, 1.82) is 0 Å². The van der Waals surface area contributed by atoms with Crippen molar-refractivity contribution in [2.24, 2.45) is 5.73 Å². The van der Waals surface area contributed by atoms with Crippen LogP contribution in [0.5, 0.6) is 0 Å². The van der Waals surface area contributed by atoms with Crippen molar-refractivity contribution >= 4 is 50.7 Å². The Morgan fingerprint density at radius 1 is 1.31 bits per heavy atom. The first kappa shape index (κ1) is 18.7. The van der Waals surface area contributed by atoms with Gasteiger partial charge in [0.05, 0.1) is 15.4 Å². The molecule has 0 aliphatic heterocycles. The summed E-state index contributed by atoms with van der Waals surface area (Å²) >= 11 is 13.4. The summed E-state index contributed by atoms with van der Waals surface area (Å²) in [5, 5.41) is 1.08. The summed E-state index contributed by atoms with van der Waals surface area (Å²) in [6, 6.07) is 4.05. The third-order valence-corrected chi connectivity index (χ3v) is 5.95. The van der Waals surface area contributed by atoms with Gasteiger partial charge in [0, 0.05) is 10.4 Å². The average Bonchev–Trinajstić information content (AvgIpc) is 2.89. The van der Waals surface area contributed by atoms with Crippen LogP contribution in [0.3, 0.4) is 0 Å². The number of nitrogens with zero attached hydrogens (tertiary/aromatic N) is 1. The minimum absolute atomic E-state index is 0.231. The van der Waals surface area contributed by atoms with Gasteiger partial charge < -0.3 is 5.73 Å². The highest BCUT2D eigenvalue weighted by Crippen LogP contribution is 2.37. The number of rotatable bonds is 4. The molecule has 0 fully saturated rings. The van der Waals surface area contributed by atoms with E-state index in [9.17, 15) is 14.4 Å². The number of aromatic nitrogens is 2.